The van der Waals surface area contributed by atoms with E-state index in [4.69, 9.17) is 23.2 Å². The molecule has 0 spiro atoms. The van der Waals surface area contributed by atoms with E-state index in [0.717, 1.165) is 16.8 Å². The van der Waals surface area contributed by atoms with Crippen LogP contribution in [0.5, 0.6) is 0 Å². The Labute approximate surface area is 163 Å². The summed E-state index contributed by atoms with van der Waals surface area (Å²) in [6.07, 6.45) is 5.48. The van der Waals surface area contributed by atoms with Crippen molar-refractivity contribution in [3.63, 3.8) is 0 Å². The highest BCUT2D eigenvalue weighted by Gasteiger charge is 2.16. The zero-order valence-electron chi connectivity index (χ0n) is 13.5. The highest BCUT2D eigenvalue weighted by atomic mass is 35.5. The number of thiophene rings is 1. The predicted octanol–water partition coefficient (Wildman–Crippen LogP) is 5.33. The lowest BCUT2D eigenvalue weighted by molar-refractivity contribution is 0.102. The van der Waals surface area contributed by atoms with Gasteiger partial charge in [0.15, 0.2) is 0 Å². The van der Waals surface area contributed by atoms with Gasteiger partial charge in [0.05, 0.1) is 15.6 Å². The van der Waals surface area contributed by atoms with Crippen LogP contribution in [0.25, 0.3) is 17.0 Å². The van der Waals surface area contributed by atoms with Crippen LogP contribution >= 0.6 is 34.5 Å². The average molecular weight is 403 g/mol. The molecule has 0 aliphatic carbocycles. The number of nitrogens with zero attached hydrogens (tertiary/aromatic N) is 3. The molecular formula is C18H12Cl2N4OS. The van der Waals surface area contributed by atoms with Gasteiger partial charge < -0.3 is 5.32 Å². The normalized spacial score (nSPS) is 11.0. The van der Waals surface area contributed by atoms with Crippen molar-refractivity contribution in [1.29, 1.82) is 0 Å². The molecule has 26 heavy (non-hydrogen) atoms. The number of aryl methyl sites for hydroxylation is 1. The van der Waals surface area contributed by atoms with E-state index in [1.807, 2.05) is 48.0 Å². The fraction of sp³-hybridized carbons (Fsp3) is 0.0556. The van der Waals surface area contributed by atoms with Gasteiger partial charge in [0.25, 0.3) is 5.91 Å². The Morgan fingerprint density at radius 2 is 2.12 bits per heavy atom. The number of aromatic nitrogens is 3. The molecule has 3 aromatic heterocycles. The van der Waals surface area contributed by atoms with Crippen molar-refractivity contribution >= 4 is 51.9 Å². The maximum Gasteiger partial charge on any atom is 0.258 e. The molecule has 0 aliphatic heterocycles. The Hall–Kier alpha value is -2.41. The minimum absolute atomic E-state index is 0.296. The summed E-state index contributed by atoms with van der Waals surface area (Å²) in [5, 5.41) is 2.90. The predicted molar refractivity (Wildman–Crippen MR) is 105 cm³/mol. The molecule has 0 bridgehead atoms. The van der Waals surface area contributed by atoms with Crippen molar-refractivity contribution in [3.8, 4) is 11.3 Å². The Kier molecular flexibility index (Phi) is 4.40. The van der Waals surface area contributed by atoms with Crippen molar-refractivity contribution in [2.24, 2.45) is 0 Å². The molecule has 0 saturated carbocycles. The molecular weight excluding hydrogens is 391 g/mol. The summed E-state index contributed by atoms with van der Waals surface area (Å²) < 4.78 is 2.69. The van der Waals surface area contributed by atoms with Gasteiger partial charge >= 0.3 is 0 Å². The molecule has 0 radical (unpaired) electrons. The summed E-state index contributed by atoms with van der Waals surface area (Å²) in [4.78, 5) is 21.2. The molecule has 1 N–H and O–H groups in total. The number of rotatable bonds is 3. The molecule has 0 aliphatic rings. The number of hydrogen-bond acceptors (Lipinski definition) is 4. The van der Waals surface area contributed by atoms with Crippen LogP contribution in [0.1, 0.15) is 15.9 Å². The van der Waals surface area contributed by atoms with Crippen molar-refractivity contribution in [2.45, 2.75) is 6.92 Å². The van der Waals surface area contributed by atoms with Gasteiger partial charge in [-0.2, -0.15) is 0 Å². The van der Waals surface area contributed by atoms with Gasteiger partial charge in [-0.05, 0) is 30.7 Å². The minimum atomic E-state index is -0.296. The van der Waals surface area contributed by atoms with Crippen molar-refractivity contribution in [2.75, 3.05) is 5.32 Å². The Balaban J connectivity index is 1.68. The summed E-state index contributed by atoms with van der Waals surface area (Å²) in [6, 6.07) is 9.19. The topological polar surface area (TPSA) is 59.3 Å². The maximum absolute atomic E-state index is 12.5. The fourth-order valence-electron chi connectivity index (χ4n) is 2.57. The number of anilines is 1. The highest BCUT2D eigenvalue weighted by molar-refractivity contribution is 7.20. The van der Waals surface area contributed by atoms with Crippen molar-refractivity contribution in [1.82, 2.24) is 14.4 Å². The Morgan fingerprint density at radius 1 is 1.27 bits per heavy atom. The van der Waals surface area contributed by atoms with E-state index in [1.54, 1.807) is 12.3 Å². The Morgan fingerprint density at radius 3 is 2.85 bits per heavy atom. The van der Waals surface area contributed by atoms with Crippen LogP contribution in [-0.4, -0.2) is 20.3 Å². The first kappa shape index (κ1) is 17.0. The summed E-state index contributed by atoms with van der Waals surface area (Å²) in [6.45, 7) is 1.92. The number of halogens is 2. The van der Waals surface area contributed by atoms with Crippen LogP contribution < -0.4 is 5.32 Å². The first-order valence-electron chi connectivity index (χ1n) is 7.68. The van der Waals surface area contributed by atoms with Crippen LogP contribution in [-0.2, 0) is 0 Å². The van der Waals surface area contributed by atoms with Crippen LogP contribution in [0.2, 0.25) is 8.67 Å². The zero-order chi connectivity index (χ0) is 18.3. The average Bonchev–Trinajstić information content (AvgIpc) is 3.19. The maximum atomic E-state index is 12.5. The van der Waals surface area contributed by atoms with E-state index in [-0.39, 0.29) is 5.91 Å². The summed E-state index contributed by atoms with van der Waals surface area (Å²) in [7, 11) is 0. The van der Waals surface area contributed by atoms with Gasteiger partial charge in [-0.25, -0.2) is 9.97 Å². The molecule has 3 heterocycles. The van der Waals surface area contributed by atoms with Gasteiger partial charge in [-0.3, -0.25) is 9.20 Å². The Bertz CT molecular complexity index is 1100. The van der Waals surface area contributed by atoms with Crippen LogP contribution in [0.3, 0.4) is 0 Å². The van der Waals surface area contributed by atoms with Gasteiger partial charge in [-0.1, -0.05) is 35.3 Å². The smallest absolute Gasteiger partial charge is 0.258 e. The third-order valence-electron chi connectivity index (χ3n) is 3.92. The van der Waals surface area contributed by atoms with E-state index in [9.17, 15) is 4.79 Å². The summed E-state index contributed by atoms with van der Waals surface area (Å²) in [5.41, 5.74) is 3.64. The molecule has 130 valence electrons. The molecule has 0 fully saturated rings. The summed E-state index contributed by atoms with van der Waals surface area (Å²) >= 11 is 13.2. The van der Waals surface area contributed by atoms with Gasteiger partial charge in [0.1, 0.15) is 4.34 Å². The van der Waals surface area contributed by atoms with E-state index in [1.165, 1.54) is 11.3 Å². The number of nitrogens with one attached hydrogen (secondary N) is 1. The lowest BCUT2D eigenvalue weighted by Gasteiger charge is -2.09. The largest absolute Gasteiger partial charge is 0.322 e. The first-order chi connectivity index (χ1) is 12.5. The SMILES string of the molecule is Cc1ccc(-c2cn3cccnc3n2)cc1NC(=O)c1cc(Cl)sc1Cl. The number of carbonyl (C=O) groups is 1. The van der Waals surface area contributed by atoms with E-state index >= 15 is 0 Å². The van der Waals surface area contributed by atoms with Crippen LogP contribution in [0, 0.1) is 6.92 Å². The molecule has 8 heteroatoms. The third-order valence-corrected chi connectivity index (χ3v) is 5.41. The molecule has 5 nitrogen and oxygen atoms in total. The monoisotopic (exact) mass is 402 g/mol. The van der Waals surface area contributed by atoms with E-state index < -0.39 is 0 Å². The molecule has 1 amide bonds. The summed E-state index contributed by atoms with van der Waals surface area (Å²) in [5.74, 6) is 0.323. The second kappa shape index (κ2) is 6.72. The molecule has 4 aromatic rings. The number of carbonyl (C=O) groups excluding carboxylic acids is 1. The number of amides is 1. The third kappa shape index (κ3) is 3.19. The minimum Gasteiger partial charge on any atom is -0.322 e. The van der Waals surface area contributed by atoms with Crippen molar-refractivity contribution in [3.05, 3.63) is 68.7 Å². The van der Waals surface area contributed by atoms with Crippen LogP contribution in [0.4, 0.5) is 5.69 Å². The zero-order valence-corrected chi connectivity index (χ0v) is 15.9. The highest BCUT2D eigenvalue weighted by Crippen LogP contribution is 2.32. The van der Waals surface area contributed by atoms with E-state index in [2.05, 4.69) is 15.3 Å². The molecule has 0 unspecified atom stereocenters. The van der Waals surface area contributed by atoms with Gasteiger partial charge in [0, 0.05) is 29.8 Å². The lowest BCUT2D eigenvalue weighted by atomic mass is 10.1. The van der Waals surface area contributed by atoms with Gasteiger partial charge in [-0.15, -0.1) is 11.3 Å². The molecule has 1 aromatic carbocycles. The quantitative estimate of drug-likeness (QED) is 0.503. The number of hydrogen-bond donors (Lipinski definition) is 1. The van der Waals surface area contributed by atoms with E-state index in [0.29, 0.717) is 25.7 Å². The second-order valence-corrected chi connectivity index (χ2v) is 7.96. The lowest BCUT2D eigenvalue weighted by Crippen LogP contribution is -2.12. The number of benzene rings is 1. The standard InChI is InChI=1S/C18H12Cl2N4OS/c1-10-3-4-11(14-9-24-6-2-5-21-18(24)23-14)7-13(10)22-17(25)12-8-15(19)26-16(12)20/h2-9H,1H3,(H,22,25). The number of fused-ring (bicyclic) bond motifs is 1. The molecule has 0 atom stereocenters. The first-order valence-corrected chi connectivity index (χ1v) is 9.25. The van der Waals surface area contributed by atoms with Crippen LogP contribution in [0.15, 0.2) is 48.9 Å². The molecule has 4 rings (SSSR count). The second-order valence-electron chi connectivity index (χ2n) is 5.67. The van der Waals surface area contributed by atoms with Gasteiger partial charge in [0.2, 0.25) is 5.78 Å². The fourth-order valence-corrected chi connectivity index (χ4v) is 4.03. The number of imidazole rings is 1. The van der Waals surface area contributed by atoms with Crippen molar-refractivity contribution < 1.29 is 4.79 Å². The molecule has 0 saturated heterocycles.